The molecular formula is C30H25IrN3O. The van der Waals surface area contributed by atoms with Crippen molar-refractivity contribution >= 4 is 33.6 Å². The van der Waals surface area contributed by atoms with E-state index in [0.717, 1.165) is 38.9 Å². The van der Waals surface area contributed by atoms with Crippen LogP contribution < -0.4 is 0 Å². The first-order valence-electron chi connectivity index (χ1n) is 11.3. The molecule has 0 bridgehead atoms. The van der Waals surface area contributed by atoms with Crippen molar-refractivity contribution in [3.63, 3.8) is 0 Å². The van der Waals surface area contributed by atoms with Gasteiger partial charge in [-0.15, -0.1) is 48.0 Å². The first-order valence-corrected chi connectivity index (χ1v) is 11.3. The topological polar surface area (TPSA) is 32.0 Å². The zero-order valence-electron chi connectivity index (χ0n) is 19.8. The average Bonchev–Trinajstić information content (AvgIpc) is 3.51. The number of fused-ring (bicyclic) bond motifs is 3. The third-order valence-electron chi connectivity index (χ3n) is 5.61. The molecule has 0 saturated heterocycles. The predicted molar refractivity (Wildman–Crippen MR) is 135 cm³/mol. The fraction of sp³-hybridized carbons (Fsp3) is 0.133. The number of benzene rings is 3. The number of pyridine rings is 1. The first kappa shape index (κ1) is 24.5. The van der Waals surface area contributed by atoms with Crippen molar-refractivity contribution in [3.8, 4) is 11.3 Å². The Kier molecular flexibility index (Phi) is 7.53. The van der Waals surface area contributed by atoms with Crippen LogP contribution in [0.2, 0.25) is 0 Å². The van der Waals surface area contributed by atoms with Crippen LogP contribution in [0.4, 0.5) is 5.69 Å². The van der Waals surface area contributed by atoms with Crippen molar-refractivity contribution in [2.75, 3.05) is 0 Å². The number of aryl methyl sites for hydroxylation is 1. The van der Waals surface area contributed by atoms with E-state index in [-0.39, 0.29) is 20.1 Å². The van der Waals surface area contributed by atoms with E-state index >= 15 is 0 Å². The molecule has 1 radical (unpaired) electrons. The third kappa shape index (κ3) is 5.39. The Bertz CT molecular complexity index is 1560. The summed E-state index contributed by atoms with van der Waals surface area (Å²) < 4.78 is 9.84. The summed E-state index contributed by atoms with van der Waals surface area (Å²) >= 11 is 0. The van der Waals surface area contributed by atoms with Crippen molar-refractivity contribution in [1.29, 1.82) is 0 Å². The standard InChI is InChI=1S/C18H15N2O.C12H10N.Ir/c1-13(2)19-9-10-20(12-19)14-7-8-18-16(11-14)15-5-3-4-6-17(15)21-18;1-10-7-8-12(13-9-10)11-5-3-2-4-6-11;/h3-6,8-11,13H,1-2H3;2-5,7-9H,1H3;/q+1;-1;. The summed E-state index contributed by atoms with van der Waals surface area (Å²) in [6, 6.07) is 34.1. The molecule has 0 aliphatic carbocycles. The van der Waals surface area contributed by atoms with Gasteiger partial charge >= 0.3 is 6.01 Å². The van der Waals surface area contributed by atoms with Gasteiger partial charge in [0.1, 0.15) is 11.3 Å². The molecule has 2 aromatic heterocycles. The molecule has 0 atom stereocenters. The summed E-state index contributed by atoms with van der Waals surface area (Å²) in [7, 11) is 0. The number of nitrogens with zero attached hydrogens (tertiary/aromatic N) is 3. The molecule has 3 aromatic carbocycles. The largest absolute Gasteiger partial charge is 0.516 e. The summed E-state index contributed by atoms with van der Waals surface area (Å²) in [4.78, 5) is 4.32. The van der Waals surface area contributed by atoms with E-state index < -0.39 is 0 Å². The van der Waals surface area contributed by atoms with Crippen molar-refractivity contribution in [3.05, 3.63) is 109 Å². The molecule has 0 saturated carbocycles. The van der Waals surface area contributed by atoms with E-state index in [1.165, 1.54) is 5.56 Å². The van der Waals surface area contributed by atoms with Crippen LogP contribution in [0.3, 0.4) is 0 Å². The molecule has 0 unspecified atom stereocenters. The third-order valence-corrected chi connectivity index (χ3v) is 5.61. The van der Waals surface area contributed by atoms with Gasteiger partial charge in [-0.2, -0.15) is 0 Å². The molecule has 35 heavy (non-hydrogen) atoms. The van der Waals surface area contributed by atoms with Crippen LogP contribution in [0, 0.1) is 19.1 Å². The van der Waals surface area contributed by atoms with Gasteiger partial charge in [0.2, 0.25) is 6.20 Å². The van der Waals surface area contributed by atoms with Crippen molar-refractivity contribution in [2.24, 2.45) is 0 Å². The maximum Gasteiger partial charge on any atom is 0.493 e. The number of hydrogen-bond donors (Lipinski definition) is 0. The van der Waals surface area contributed by atoms with Gasteiger partial charge < -0.3 is 9.40 Å². The van der Waals surface area contributed by atoms with E-state index in [0.29, 0.717) is 6.04 Å². The van der Waals surface area contributed by atoms with Gasteiger partial charge in [0, 0.05) is 37.3 Å². The molecule has 3 heterocycles. The van der Waals surface area contributed by atoms with Gasteiger partial charge in [-0.1, -0.05) is 50.9 Å². The van der Waals surface area contributed by atoms with E-state index in [4.69, 9.17) is 4.42 Å². The molecule has 0 fully saturated rings. The van der Waals surface area contributed by atoms with E-state index in [9.17, 15) is 0 Å². The zero-order chi connectivity index (χ0) is 23.5. The van der Waals surface area contributed by atoms with Crippen LogP contribution in [-0.2, 0) is 20.1 Å². The quantitative estimate of drug-likeness (QED) is 0.159. The number of hydrogen-bond acceptors (Lipinski definition) is 2. The van der Waals surface area contributed by atoms with Gasteiger partial charge in [0.15, 0.2) is 6.04 Å². The molecule has 0 spiro atoms. The van der Waals surface area contributed by atoms with Gasteiger partial charge in [0.05, 0.1) is 0 Å². The van der Waals surface area contributed by atoms with Crippen LogP contribution in [-0.4, -0.2) is 26.2 Å². The van der Waals surface area contributed by atoms with Crippen molar-refractivity contribution in [1.82, 2.24) is 4.98 Å². The molecule has 1 aliphatic rings. The molecule has 0 amide bonds. The second-order valence-electron chi connectivity index (χ2n) is 8.46. The molecule has 175 valence electrons. The van der Waals surface area contributed by atoms with Crippen LogP contribution in [0.1, 0.15) is 19.4 Å². The van der Waals surface area contributed by atoms with Crippen LogP contribution in [0.25, 0.3) is 33.2 Å². The maximum absolute atomic E-state index is 5.83. The summed E-state index contributed by atoms with van der Waals surface area (Å²) in [6.45, 7) is 6.31. The molecule has 5 aromatic rings. The Hall–Kier alpha value is -3.62. The number of para-hydroxylation sites is 1. The van der Waals surface area contributed by atoms with E-state index in [1.807, 2.05) is 89.3 Å². The fourth-order valence-electron chi connectivity index (χ4n) is 3.73. The maximum atomic E-state index is 5.83. The van der Waals surface area contributed by atoms with Crippen molar-refractivity contribution in [2.45, 2.75) is 26.8 Å². The van der Waals surface area contributed by atoms with E-state index in [2.05, 4.69) is 55.2 Å². The molecular weight excluding hydrogens is 611 g/mol. The van der Waals surface area contributed by atoms with Gasteiger partial charge in [-0.05, 0) is 38.1 Å². The molecule has 4 nitrogen and oxygen atoms in total. The first-order chi connectivity index (χ1) is 16.6. The van der Waals surface area contributed by atoms with Crippen molar-refractivity contribution < 1.29 is 33.7 Å². The fourth-order valence-corrected chi connectivity index (χ4v) is 3.73. The minimum atomic E-state index is 0. The Balaban J connectivity index is 0.000000179. The smallest absolute Gasteiger partial charge is 0.493 e. The minimum absolute atomic E-state index is 0. The van der Waals surface area contributed by atoms with Gasteiger partial charge in [0.25, 0.3) is 6.20 Å². The average molecular weight is 636 g/mol. The molecule has 1 aliphatic heterocycles. The Morgan fingerprint density at radius 3 is 2.46 bits per heavy atom. The van der Waals surface area contributed by atoms with E-state index in [1.54, 1.807) is 0 Å². The second kappa shape index (κ2) is 10.8. The van der Waals surface area contributed by atoms with Gasteiger partial charge in [-0.25, -0.2) is 0 Å². The number of furan rings is 1. The van der Waals surface area contributed by atoms with Crippen LogP contribution >= 0.6 is 0 Å². The zero-order valence-corrected chi connectivity index (χ0v) is 22.2. The minimum Gasteiger partial charge on any atom is -0.516 e. The van der Waals surface area contributed by atoms with Crippen LogP contribution in [0.15, 0.2) is 95.8 Å². The Labute approximate surface area is 218 Å². The van der Waals surface area contributed by atoms with Crippen LogP contribution in [0.5, 0.6) is 0 Å². The molecule has 6 rings (SSSR count). The SMILES string of the molecule is CC(C)[N+]1=C=[N+](c2[c-]cc3oc4ccccc4c3c2)C=C1.Cc1ccc(-c2[c-]cccc2)nc1.[Ir]. The number of aromatic nitrogens is 1. The monoisotopic (exact) mass is 636 g/mol. The Morgan fingerprint density at radius 1 is 0.914 bits per heavy atom. The Morgan fingerprint density at radius 2 is 1.74 bits per heavy atom. The summed E-state index contributed by atoms with van der Waals surface area (Å²) in [6.07, 6.45) is 5.90. The summed E-state index contributed by atoms with van der Waals surface area (Å²) in [5, 5.41) is 2.24. The second-order valence-corrected chi connectivity index (χ2v) is 8.46. The van der Waals surface area contributed by atoms with Gasteiger partial charge in [-0.3, -0.25) is 0 Å². The summed E-state index contributed by atoms with van der Waals surface area (Å²) in [5.41, 5.74) is 5.94. The molecule has 5 heteroatoms. The normalized spacial score (nSPS) is 12.2. The predicted octanol–water partition coefficient (Wildman–Crippen LogP) is 6.96. The summed E-state index contributed by atoms with van der Waals surface area (Å²) in [5.74, 6) is 0. The molecule has 0 N–H and O–H groups in total. The number of rotatable bonds is 3.